The number of amides is 1. The summed E-state index contributed by atoms with van der Waals surface area (Å²) < 4.78 is 5.46. The number of nitrogens with two attached hydrogens (primary N) is 1. The number of hydrogen-bond donors (Lipinski definition) is 2. The lowest BCUT2D eigenvalue weighted by atomic mass is 9.86. The molecule has 1 heterocycles. The van der Waals surface area contributed by atoms with Crippen molar-refractivity contribution in [3.63, 3.8) is 0 Å². The molecule has 0 aromatic heterocycles. The predicted molar refractivity (Wildman–Crippen MR) is 66.5 cm³/mol. The van der Waals surface area contributed by atoms with Gasteiger partial charge in [0, 0.05) is 19.2 Å². The molecule has 2 fully saturated rings. The summed E-state index contributed by atoms with van der Waals surface area (Å²) >= 11 is 0. The Morgan fingerprint density at radius 1 is 1.24 bits per heavy atom. The maximum Gasteiger partial charge on any atom is 0.249 e. The SMILES string of the molecule is NC1CCCC(CNC(=O)C2CCCCO2)C1. The number of hydrogen-bond acceptors (Lipinski definition) is 3. The minimum absolute atomic E-state index is 0.0730. The standard InChI is InChI=1S/C13H24N2O2/c14-11-5-3-4-10(8-11)9-15-13(16)12-6-1-2-7-17-12/h10-12H,1-9,14H2,(H,15,16). The molecule has 1 amide bonds. The largest absolute Gasteiger partial charge is 0.368 e. The Morgan fingerprint density at radius 2 is 2.12 bits per heavy atom. The lowest BCUT2D eigenvalue weighted by molar-refractivity contribution is -0.135. The molecule has 0 spiro atoms. The van der Waals surface area contributed by atoms with E-state index in [-0.39, 0.29) is 12.0 Å². The Labute approximate surface area is 103 Å². The Kier molecular flexibility index (Phi) is 4.80. The highest BCUT2D eigenvalue weighted by atomic mass is 16.5. The monoisotopic (exact) mass is 240 g/mol. The van der Waals surface area contributed by atoms with E-state index in [4.69, 9.17) is 10.5 Å². The average molecular weight is 240 g/mol. The molecule has 98 valence electrons. The van der Waals surface area contributed by atoms with E-state index in [1.807, 2.05) is 0 Å². The van der Waals surface area contributed by atoms with Crippen LogP contribution in [0.2, 0.25) is 0 Å². The van der Waals surface area contributed by atoms with Crippen LogP contribution < -0.4 is 11.1 Å². The fraction of sp³-hybridized carbons (Fsp3) is 0.923. The first kappa shape index (κ1) is 12.8. The van der Waals surface area contributed by atoms with Crippen LogP contribution in [0.1, 0.15) is 44.9 Å². The van der Waals surface area contributed by atoms with Gasteiger partial charge in [0.15, 0.2) is 0 Å². The number of carbonyl (C=O) groups excluding carboxylic acids is 1. The highest BCUT2D eigenvalue weighted by Gasteiger charge is 2.24. The van der Waals surface area contributed by atoms with Gasteiger partial charge in [-0.3, -0.25) is 4.79 Å². The summed E-state index contributed by atoms with van der Waals surface area (Å²) in [4.78, 5) is 11.9. The van der Waals surface area contributed by atoms with Crippen molar-refractivity contribution in [2.45, 2.75) is 57.1 Å². The van der Waals surface area contributed by atoms with Gasteiger partial charge in [0.05, 0.1) is 0 Å². The second-order valence-electron chi connectivity index (χ2n) is 5.39. The first-order chi connectivity index (χ1) is 8.25. The van der Waals surface area contributed by atoms with Crippen molar-refractivity contribution in [1.82, 2.24) is 5.32 Å². The van der Waals surface area contributed by atoms with Crippen LogP contribution in [0.15, 0.2) is 0 Å². The van der Waals surface area contributed by atoms with E-state index in [0.29, 0.717) is 12.0 Å². The molecule has 2 aliphatic rings. The fourth-order valence-corrected chi connectivity index (χ4v) is 2.82. The summed E-state index contributed by atoms with van der Waals surface area (Å²) in [7, 11) is 0. The number of rotatable bonds is 3. The molecule has 4 heteroatoms. The van der Waals surface area contributed by atoms with E-state index >= 15 is 0 Å². The Balaban J connectivity index is 1.68. The number of ether oxygens (including phenoxy) is 1. The zero-order chi connectivity index (χ0) is 12.1. The van der Waals surface area contributed by atoms with Crippen LogP contribution in [-0.4, -0.2) is 31.2 Å². The molecule has 1 saturated carbocycles. The zero-order valence-electron chi connectivity index (χ0n) is 10.5. The van der Waals surface area contributed by atoms with Crippen LogP contribution in [-0.2, 0) is 9.53 Å². The van der Waals surface area contributed by atoms with Crippen molar-refractivity contribution in [2.24, 2.45) is 11.7 Å². The van der Waals surface area contributed by atoms with Gasteiger partial charge < -0.3 is 15.8 Å². The van der Waals surface area contributed by atoms with Gasteiger partial charge in [-0.2, -0.15) is 0 Å². The van der Waals surface area contributed by atoms with E-state index < -0.39 is 0 Å². The van der Waals surface area contributed by atoms with Crippen LogP contribution in [0.25, 0.3) is 0 Å². The Bertz CT molecular complexity index is 252. The first-order valence-electron chi connectivity index (χ1n) is 6.90. The van der Waals surface area contributed by atoms with Crippen molar-refractivity contribution in [1.29, 1.82) is 0 Å². The smallest absolute Gasteiger partial charge is 0.249 e. The Morgan fingerprint density at radius 3 is 2.82 bits per heavy atom. The maximum atomic E-state index is 11.9. The van der Waals surface area contributed by atoms with Crippen LogP contribution >= 0.6 is 0 Å². The molecule has 0 radical (unpaired) electrons. The van der Waals surface area contributed by atoms with Crippen LogP contribution in [0.5, 0.6) is 0 Å². The molecule has 2 rings (SSSR count). The van der Waals surface area contributed by atoms with Gasteiger partial charge in [-0.15, -0.1) is 0 Å². The minimum Gasteiger partial charge on any atom is -0.368 e. The molecule has 3 unspecified atom stereocenters. The van der Waals surface area contributed by atoms with E-state index in [1.54, 1.807) is 0 Å². The summed E-state index contributed by atoms with van der Waals surface area (Å²) in [5.74, 6) is 0.634. The van der Waals surface area contributed by atoms with E-state index in [9.17, 15) is 4.79 Å². The van der Waals surface area contributed by atoms with E-state index in [1.165, 1.54) is 12.8 Å². The van der Waals surface area contributed by atoms with E-state index in [0.717, 1.165) is 45.3 Å². The summed E-state index contributed by atoms with van der Waals surface area (Å²) in [5.41, 5.74) is 5.94. The highest BCUT2D eigenvalue weighted by Crippen LogP contribution is 2.22. The van der Waals surface area contributed by atoms with Crippen LogP contribution in [0.4, 0.5) is 0 Å². The summed E-state index contributed by atoms with van der Waals surface area (Å²) in [6.07, 6.45) is 7.42. The van der Waals surface area contributed by atoms with Crippen molar-refractivity contribution >= 4 is 5.91 Å². The lowest BCUT2D eigenvalue weighted by Crippen LogP contribution is -2.42. The summed E-state index contributed by atoms with van der Waals surface area (Å²) in [6, 6.07) is 0.330. The molecule has 1 aliphatic carbocycles. The molecule has 0 bridgehead atoms. The molecule has 3 N–H and O–H groups in total. The average Bonchev–Trinajstić information content (AvgIpc) is 2.37. The normalized spacial score (nSPS) is 34.3. The second-order valence-corrected chi connectivity index (χ2v) is 5.39. The third-order valence-electron chi connectivity index (χ3n) is 3.86. The number of nitrogens with one attached hydrogen (secondary N) is 1. The van der Waals surface area contributed by atoms with Crippen LogP contribution in [0.3, 0.4) is 0 Å². The number of carbonyl (C=O) groups is 1. The molecular formula is C13H24N2O2. The van der Waals surface area contributed by atoms with E-state index in [2.05, 4.69) is 5.32 Å². The molecule has 4 nitrogen and oxygen atoms in total. The van der Waals surface area contributed by atoms with Gasteiger partial charge in [0.1, 0.15) is 6.10 Å². The molecule has 1 saturated heterocycles. The summed E-state index contributed by atoms with van der Waals surface area (Å²) in [6.45, 7) is 1.50. The molecular weight excluding hydrogens is 216 g/mol. The van der Waals surface area contributed by atoms with Gasteiger partial charge in [0.25, 0.3) is 0 Å². The molecule has 1 aliphatic heterocycles. The third kappa shape index (κ3) is 3.96. The van der Waals surface area contributed by atoms with Crippen LogP contribution in [0, 0.1) is 5.92 Å². The van der Waals surface area contributed by atoms with Crippen molar-refractivity contribution in [2.75, 3.05) is 13.2 Å². The lowest BCUT2D eigenvalue weighted by Gasteiger charge is -2.28. The van der Waals surface area contributed by atoms with Crippen molar-refractivity contribution in [3.8, 4) is 0 Å². The predicted octanol–water partition coefficient (Wildman–Crippen LogP) is 1.19. The van der Waals surface area contributed by atoms with Crippen molar-refractivity contribution < 1.29 is 9.53 Å². The maximum absolute atomic E-state index is 11.9. The van der Waals surface area contributed by atoms with Gasteiger partial charge >= 0.3 is 0 Å². The van der Waals surface area contributed by atoms with Crippen molar-refractivity contribution in [3.05, 3.63) is 0 Å². The topological polar surface area (TPSA) is 64.3 Å². The van der Waals surface area contributed by atoms with Gasteiger partial charge in [0.2, 0.25) is 5.91 Å². The molecule has 0 aromatic carbocycles. The van der Waals surface area contributed by atoms with Gasteiger partial charge in [-0.25, -0.2) is 0 Å². The minimum atomic E-state index is -0.207. The van der Waals surface area contributed by atoms with Gasteiger partial charge in [-0.05, 0) is 44.4 Å². The fourth-order valence-electron chi connectivity index (χ4n) is 2.82. The molecule has 17 heavy (non-hydrogen) atoms. The van der Waals surface area contributed by atoms with Gasteiger partial charge in [-0.1, -0.05) is 6.42 Å². The quantitative estimate of drug-likeness (QED) is 0.779. The Hall–Kier alpha value is -0.610. The third-order valence-corrected chi connectivity index (χ3v) is 3.86. The molecule has 0 aromatic rings. The zero-order valence-corrected chi connectivity index (χ0v) is 10.5. The highest BCUT2D eigenvalue weighted by molar-refractivity contribution is 5.80. The second kappa shape index (κ2) is 6.36. The molecule has 3 atom stereocenters. The first-order valence-corrected chi connectivity index (χ1v) is 6.90. The summed E-state index contributed by atoms with van der Waals surface area (Å²) in [5, 5.41) is 3.02.